The number of sulfone groups is 1. The molecule has 1 amide bonds. The molecule has 2 saturated heterocycles. The minimum absolute atomic E-state index is 0.0149. The number of halogens is 2. The molecule has 1 aromatic carbocycles. The van der Waals surface area contributed by atoms with E-state index < -0.39 is 15.7 Å². The van der Waals surface area contributed by atoms with Crippen molar-refractivity contribution in [2.45, 2.75) is 24.6 Å². The SMILES string of the molecule is CCC(=O)N=C1S[C@@H]2CS(=O)(=O)C[C@@H]2N1c1ccc(F)c(Cl)c1. The Morgan fingerprint density at radius 3 is 2.87 bits per heavy atom. The number of carbonyl (C=O) groups is 1. The van der Waals surface area contributed by atoms with Gasteiger partial charge in [0.2, 0.25) is 5.91 Å². The van der Waals surface area contributed by atoms with E-state index in [-0.39, 0.29) is 40.1 Å². The van der Waals surface area contributed by atoms with Crippen molar-refractivity contribution in [2.24, 2.45) is 4.99 Å². The average Bonchev–Trinajstić information content (AvgIpc) is 2.93. The summed E-state index contributed by atoms with van der Waals surface area (Å²) >= 11 is 7.12. The number of amidine groups is 1. The van der Waals surface area contributed by atoms with Gasteiger partial charge in [0.15, 0.2) is 15.0 Å². The zero-order valence-electron chi connectivity index (χ0n) is 12.2. The quantitative estimate of drug-likeness (QED) is 0.793. The van der Waals surface area contributed by atoms with Crippen molar-refractivity contribution in [3.8, 4) is 0 Å². The predicted molar refractivity (Wildman–Crippen MR) is 90.4 cm³/mol. The largest absolute Gasteiger partial charge is 0.316 e. The van der Waals surface area contributed by atoms with Crippen LogP contribution in [0.5, 0.6) is 0 Å². The number of aliphatic imine (C=N–C) groups is 1. The first kappa shape index (κ1) is 16.7. The third-order valence-electron chi connectivity index (χ3n) is 3.77. The summed E-state index contributed by atoms with van der Waals surface area (Å²) in [6.07, 6.45) is 0.260. The number of fused-ring (bicyclic) bond motifs is 1. The van der Waals surface area contributed by atoms with E-state index in [2.05, 4.69) is 4.99 Å². The van der Waals surface area contributed by atoms with Crippen molar-refractivity contribution < 1.29 is 17.6 Å². The van der Waals surface area contributed by atoms with Crippen LogP contribution in [-0.4, -0.2) is 42.3 Å². The molecule has 5 nitrogen and oxygen atoms in total. The van der Waals surface area contributed by atoms with Gasteiger partial charge in [-0.25, -0.2) is 12.8 Å². The molecule has 2 heterocycles. The third kappa shape index (κ3) is 3.25. The van der Waals surface area contributed by atoms with E-state index in [1.165, 1.54) is 30.0 Å². The van der Waals surface area contributed by atoms with Gasteiger partial charge >= 0.3 is 0 Å². The Balaban J connectivity index is 2.04. The fourth-order valence-corrected chi connectivity index (χ4v) is 6.79. The molecule has 2 atom stereocenters. The Hall–Kier alpha value is -1.12. The molecule has 0 radical (unpaired) electrons. The maximum atomic E-state index is 13.4. The Morgan fingerprint density at radius 1 is 1.48 bits per heavy atom. The van der Waals surface area contributed by atoms with Crippen LogP contribution in [0.3, 0.4) is 0 Å². The van der Waals surface area contributed by atoms with Crippen LogP contribution in [0.15, 0.2) is 23.2 Å². The predicted octanol–water partition coefficient (Wildman–Crippen LogP) is 2.49. The van der Waals surface area contributed by atoms with Gasteiger partial charge in [-0.3, -0.25) is 4.79 Å². The highest BCUT2D eigenvalue weighted by atomic mass is 35.5. The summed E-state index contributed by atoms with van der Waals surface area (Å²) in [7, 11) is -3.13. The average molecular weight is 377 g/mol. The lowest BCUT2D eigenvalue weighted by molar-refractivity contribution is -0.117. The summed E-state index contributed by atoms with van der Waals surface area (Å²) in [4.78, 5) is 17.4. The maximum Gasteiger partial charge on any atom is 0.247 e. The van der Waals surface area contributed by atoms with Gasteiger partial charge in [0.05, 0.1) is 22.6 Å². The molecule has 0 unspecified atom stereocenters. The van der Waals surface area contributed by atoms with Crippen LogP contribution in [0.25, 0.3) is 0 Å². The fraction of sp³-hybridized carbons (Fsp3) is 0.429. The molecule has 0 N–H and O–H groups in total. The zero-order chi connectivity index (χ0) is 16.8. The van der Waals surface area contributed by atoms with Crippen molar-refractivity contribution in [1.29, 1.82) is 0 Å². The first-order valence-electron chi connectivity index (χ1n) is 7.03. The highest BCUT2D eigenvalue weighted by molar-refractivity contribution is 8.16. The number of benzene rings is 1. The minimum Gasteiger partial charge on any atom is -0.316 e. The fourth-order valence-electron chi connectivity index (χ4n) is 2.69. The zero-order valence-corrected chi connectivity index (χ0v) is 14.6. The molecule has 2 fully saturated rings. The van der Waals surface area contributed by atoms with Crippen LogP contribution in [0, 0.1) is 5.82 Å². The monoisotopic (exact) mass is 376 g/mol. The Labute approximate surface area is 142 Å². The molecule has 3 rings (SSSR count). The molecule has 2 aliphatic heterocycles. The molecule has 9 heteroatoms. The van der Waals surface area contributed by atoms with Crippen molar-refractivity contribution in [3.05, 3.63) is 29.0 Å². The molecule has 0 bridgehead atoms. The summed E-state index contributed by atoms with van der Waals surface area (Å²) in [5.74, 6) is -0.805. The Bertz CT molecular complexity index is 797. The van der Waals surface area contributed by atoms with Crippen LogP contribution in [0.2, 0.25) is 5.02 Å². The second-order valence-corrected chi connectivity index (χ2v) is 9.18. The van der Waals surface area contributed by atoms with E-state index in [0.29, 0.717) is 10.9 Å². The highest BCUT2D eigenvalue weighted by Crippen LogP contribution is 2.41. The number of nitrogens with zero attached hydrogens (tertiary/aromatic N) is 2. The third-order valence-corrected chi connectivity index (χ3v) is 7.27. The Morgan fingerprint density at radius 2 is 2.22 bits per heavy atom. The van der Waals surface area contributed by atoms with E-state index in [4.69, 9.17) is 11.6 Å². The summed E-state index contributed by atoms with van der Waals surface area (Å²) in [5, 5.41) is 0.203. The molecular weight excluding hydrogens is 363 g/mol. The molecule has 23 heavy (non-hydrogen) atoms. The van der Waals surface area contributed by atoms with Crippen molar-refractivity contribution >= 4 is 50.0 Å². The lowest BCUT2D eigenvalue weighted by Crippen LogP contribution is -2.37. The van der Waals surface area contributed by atoms with Crippen LogP contribution >= 0.6 is 23.4 Å². The van der Waals surface area contributed by atoms with E-state index in [1.54, 1.807) is 11.8 Å². The summed E-state index contributed by atoms with van der Waals surface area (Å²) < 4.78 is 37.2. The van der Waals surface area contributed by atoms with Crippen molar-refractivity contribution in [2.75, 3.05) is 16.4 Å². The van der Waals surface area contributed by atoms with Crippen LogP contribution in [0.4, 0.5) is 10.1 Å². The van der Waals surface area contributed by atoms with Crippen LogP contribution in [0.1, 0.15) is 13.3 Å². The molecule has 2 aliphatic rings. The summed E-state index contributed by atoms with van der Waals surface area (Å²) in [5.41, 5.74) is 0.538. The van der Waals surface area contributed by atoms with E-state index >= 15 is 0 Å². The molecular formula is C14H14ClFN2O3S2. The number of carbonyl (C=O) groups excluding carboxylic acids is 1. The maximum absolute atomic E-state index is 13.4. The standard InChI is InChI=1S/C14H14ClFN2O3S2/c1-2-13(19)17-14-18(8-3-4-10(16)9(15)5-8)11-6-23(20,21)7-12(11)22-14/h3-5,11-12H,2,6-7H2,1H3/t11-,12+/m0/s1. The van der Waals surface area contributed by atoms with Crippen LogP contribution < -0.4 is 4.90 Å². The molecule has 0 spiro atoms. The molecule has 0 aliphatic carbocycles. The van der Waals surface area contributed by atoms with Gasteiger partial charge in [-0.15, -0.1) is 0 Å². The highest BCUT2D eigenvalue weighted by Gasteiger charge is 2.49. The van der Waals surface area contributed by atoms with Gasteiger partial charge in [0, 0.05) is 17.4 Å². The summed E-state index contributed by atoms with van der Waals surface area (Å²) in [6, 6.07) is 3.84. The number of hydrogen-bond acceptors (Lipinski definition) is 4. The second kappa shape index (κ2) is 6.07. The molecule has 0 aromatic heterocycles. The molecule has 0 saturated carbocycles. The number of hydrogen-bond donors (Lipinski definition) is 0. The van der Waals surface area contributed by atoms with Gasteiger partial charge in [-0.2, -0.15) is 4.99 Å². The smallest absolute Gasteiger partial charge is 0.247 e. The second-order valence-electron chi connectivity index (χ2n) is 5.41. The lowest BCUT2D eigenvalue weighted by Gasteiger charge is -2.24. The normalized spacial score (nSPS) is 27.4. The lowest BCUT2D eigenvalue weighted by atomic mass is 10.2. The minimum atomic E-state index is -3.13. The summed E-state index contributed by atoms with van der Waals surface area (Å²) in [6.45, 7) is 1.70. The topological polar surface area (TPSA) is 66.8 Å². The first-order chi connectivity index (χ1) is 10.8. The van der Waals surface area contributed by atoms with Gasteiger partial charge in [0.1, 0.15) is 5.82 Å². The van der Waals surface area contributed by atoms with Gasteiger partial charge < -0.3 is 4.90 Å². The van der Waals surface area contributed by atoms with E-state index in [1.807, 2.05) is 0 Å². The Kier molecular flexibility index (Phi) is 4.41. The van der Waals surface area contributed by atoms with Gasteiger partial charge in [-0.1, -0.05) is 30.3 Å². The van der Waals surface area contributed by atoms with E-state index in [9.17, 15) is 17.6 Å². The number of amides is 1. The van der Waals surface area contributed by atoms with Crippen LogP contribution in [-0.2, 0) is 14.6 Å². The van der Waals surface area contributed by atoms with Crippen molar-refractivity contribution in [3.63, 3.8) is 0 Å². The van der Waals surface area contributed by atoms with Gasteiger partial charge in [0.25, 0.3) is 0 Å². The number of rotatable bonds is 2. The molecule has 124 valence electrons. The molecule has 1 aromatic rings. The number of thioether (sulfide) groups is 1. The van der Waals surface area contributed by atoms with Crippen molar-refractivity contribution in [1.82, 2.24) is 0 Å². The first-order valence-corrected chi connectivity index (χ1v) is 10.1. The van der Waals surface area contributed by atoms with Gasteiger partial charge in [-0.05, 0) is 18.2 Å². The number of anilines is 1. The van der Waals surface area contributed by atoms with E-state index in [0.717, 1.165) is 0 Å².